The maximum atomic E-state index is 10.3. The van der Waals surface area contributed by atoms with E-state index in [-0.39, 0.29) is 0 Å². The quantitative estimate of drug-likeness (QED) is 0.640. The Hall–Kier alpha value is -2.30. The molecule has 1 aromatic heterocycles. The number of hydrogen-bond acceptors (Lipinski definition) is 3. The number of benzene rings is 1. The van der Waals surface area contributed by atoms with Crippen LogP contribution in [0.25, 0.3) is 17.0 Å². The Balaban J connectivity index is 2.46. The van der Waals surface area contributed by atoms with Crippen molar-refractivity contribution >= 4 is 28.8 Å². The third-order valence-electron chi connectivity index (χ3n) is 2.03. The molecule has 2 rings (SSSR count). The van der Waals surface area contributed by atoms with Crippen LogP contribution in [0.3, 0.4) is 0 Å². The van der Waals surface area contributed by atoms with Gasteiger partial charge in [0.1, 0.15) is 0 Å². The molecule has 0 aliphatic rings. The molecule has 0 atom stereocenters. The van der Waals surface area contributed by atoms with Crippen LogP contribution in [0.5, 0.6) is 0 Å². The lowest BCUT2D eigenvalue weighted by atomic mass is 10.1. The van der Waals surface area contributed by atoms with Gasteiger partial charge in [-0.25, -0.2) is 4.79 Å². The van der Waals surface area contributed by atoms with E-state index >= 15 is 0 Å². The van der Waals surface area contributed by atoms with Crippen LogP contribution in [0, 0.1) is 0 Å². The van der Waals surface area contributed by atoms with Gasteiger partial charge in [-0.2, -0.15) is 5.10 Å². The largest absolute Gasteiger partial charge is 0.478 e. The molecule has 5 nitrogen and oxygen atoms in total. The predicted octanol–water partition coefficient (Wildman–Crippen LogP) is 1.24. The van der Waals surface area contributed by atoms with Crippen molar-refractivity contribution in [3.63, 3.8) is 0 Å². The van der Waals surface area contributed by atoms with Gasteiger partial charge in [0.05, 0.1) is 5.52 Å². The standard InChI is InChI=1S/C10H9N3O2/c11-10-7-5-6(2-4-9(14)15)1-3-8(7)12-13-10/h1-5H,(H,14,15)(H3,11,12,13)/b4-2+. The van der Waals surface area contributed by atoms with Crippen molar-refractivity contribution in [2.45, 2.75) is 0 Å². The lowest BCUT2D eigenvalue weighted by Crippen LogP contribution is -1.86. The Bertz CT molecular complexity index is 543. The van der Waals surface area contributed by atoms with Gasteiger partial charge in [-0.15, -0.1) is 0 Å². The molecule has 0 amide bonds. The van der Waals surface area contributed by atoms with Gasteiger partial charge in [0, 0.05) is 11.5 Å². The summed E-state index contributed by atoms with van der Waals surface area (Å²) in [5, 5.41) is 15.9. The van der Waals surface area contributed by atoms with Crippen LogP contribution in [0.4, 0.5) is 5.82 Å². The summed E-state index contributed by atoms with van der Waals surface area (Å²) in [6, 6.07) is 5.38. The average molecular weight is 203 g/mol. The van der Waals surface area contributed by atoms with Crippen molar-refractivity contribution in [1.82, 2.24) is 10.2 Å². The lowest BCUT2D eigenvalue weighted by molar-refractivity contribution is -0.131. The van der Waals surface area contributed by atoms with E-state index < -0.39 is 5.97 Å². The van der Waals surface area contributed by atoms with E-state index in [0.717, 1.165) is 22.5 Å². The fraction of sp³-hybridized carbons (Fsp3) is 0. The number of aromatic nitrogens is 2. The number of nitrogens with one attached hydrogen (secondary N) is 1. The molecule has 0 aliphatic heterocycles. The number of carboxylic acid groups (broad SMARTS) is 1. The zero-order valence-electron chi connectivity index (χ0n) is 7.77. The summed E-state index contributed by atoms with van der Waals surface area (Å²) in [5.74, 6) is -0.564. The number of anilines is 1. The summed E-state index contributed by atoms with van der Waals surface area (Å²) in [6.07, 6.45) is 2.59. The highest BCUT2D eigenvalue weighted by atomic mass is 16.4. The summed E-state index contributed by atoms with van der Waals surface area (Å²) < 4.78 is 0. The number of rotatable bonds is 2. The summed E-state index contributed by atoms with van der Waals surface area (Å²) >= 11 is 0. The second kappa shape index (κ2) is 3.45. The van der Waals surface area contributed by atoms with E-state index in [1.807, 2.05) is 0 Å². The molecule has 0 fully saturated rings. The highest BCUT2D eigenvalue weighted by molar-refractivity contribution is 5.91. The first-order chi connectivity index (χ1) is 7.16. The molecule has 1 heterocycles. The molecule has 76 valence electrons. The zero-order chi connectivity index (χ0) is 10.8. The van der Waals surface area contributed by atoms with E-state index in [9.17, 15) is 4.79 Å². The van der Waals surface area contributed by atoms with E-state index in [0.29, 0.717) is 5.82 Å². The van der Waals surface area contributed by atoms with Crippen molar-refractivity contribution in [2.75, 3.05) is 5.73 Å². The molecule has 2 aromatic rings. The molecule has 5 heteroatoms. The van der Waals surface area contributed by atoms with Crippen molar-refractivity contribution in [2.24, 2.45) is 0 Å². The van der Waals surface area contributed by atoms with Crippen LogP contribution in [0.1, 0.15) is 5.56 Å². The number of aromatic amines is 1. The number of hydrogen-bond donors (Lipinski definition) is 3. The minimum Gasteiger partial charge on any atom is -0.478 e. The predicted molar refractivity (Wildman–Crippen MR) is 57.2 cm³/mol. The Kier molecular flexibility index (Phi) is 2.13. The van der Waals surface area contributed by atoms with Crippen LogP contribution < -0.4 is 5.73 Å². The molecule has 0 saturated heterocycles. The normalized spacial score (nSPS) is 11.2. The maximum absolute atomic E-state index is 10.3. The minimum atomic E-state index is -0.977. The number of carbonyl (C=O) groups is 1. The van der Waals surface area contributed by atoms with Gasteiger partial charge in [-0.1, -0.05) is 6.07 Å². The number of H-pyrrole nitrogens is 1. The van der Waals surface area contributed by atoms with Crippen LogP contribution in [-0.2, 0) is 4.79 Å². The number of nitrogen functional groups attached to an aromatic ring is 1. The van der Waals surface area contributed by atoms with Gasteiger partial charge in [0.15, 0.2) is 5.82 Å². The van der Waals surface area contributed by atoms with E-state index in [1.165, 1.54) is 6.08 Å². The zero-order valence-corrected chi connectivity index (χ0v) is 7.77. The van der Waals surface area contributed by atoms with E-state index in [4.69, 9.17) is 10.8 Å². The smallest absolute Gasteiger partial charge is 0.328 e. The van der Waals surface area contributed by atoms with Gasteiger partial charge < -0.3 is 10.8 Å². The molecule has 15 heavy (non-hydrogen) atoms. The molecule has 0 aliphatic carbocycles. The summed E-state index contributed by atoms with van der Waals surface area (Å²) in [6.45, 7) is 0. The second-order valence-corrected chi connectivity index (χ2v) is 3.09. The van der Waals surface area contributed by atoms with Gasteiger partial charge >= 0.3 is 5.97 Å². The molecular weight excluding hydrogens is 194 g/mol. The van der Waals surface area contributed by atoms with Gasteiger partial charge in [-0.3, -0.25) is 5.10 Å². The fourth-order valence-electron chi connectivity index (χ4n) is 1.32. The Morgan fingerprint density at radius 3 is 3.07 bits per heavy atom. The Morgan fingerprint density at radius 2 is 2.33 bits per heavy atom. The Labute approximate surface area is 85.2 Å². The molecule has 0 radical (unpaired) electrons. The number of fused-ring (bicyclic) bond motifs is 1. The second-order valence-electron chi connectivity index (χ2n) is 3.09. The average Bonchev–Trinajstić information content (AvgIpc) is 2.57. The van der Waals surface area contributed by atoms with Crippen molar-refractivity contribution in [3.05, 3.63) is 29.8 Å². The molecule has 0 bridgehead atoms. The van der Waals surface area contributed by atoms with Gasteiger partial charge in [0.25, 0.3) is 0 Å². The first-order valence-corrected chi connectivity index (χ1v) is 4.31. The number of aliphatic carboxylic acids is 1. The van der Waals surface area contributed by atoms with Crippen molar-refractivity contribution in [1.29, 1.82) is 0 Å². The third-order valence-corrected chi connectivity index (χ3v) is 2.03. The topological polar surface area (TPSA) is 92.0 Å². The number of nitrogens with two attached hydrogens (primary N) is 1. The molecule has 0 spiro atoms. The van der Waals surface area contributed by atoms with Crippen LogP contribution in [0.2, 0.25) is 0 Å². The first-order valence-electron chi connectivity index (χ1n) is 4.31. The number of carboxylic acids is 1. The summed E-state index contributed by atoms with van der Waals surface area (Å²) in [7, 11) is 0. The Morgan fingerprint density at radius 1 is 1.53 bits per heavy atom. The molecular formula is C10H9N3O2. The van der Waals surface area contributed by atoms with Gasteiger partial charge in [0.2, 0.25) is 0 Å². The van der Waals surface area contributed by atoms with Crippen molar-refractivity contribution in [3.8, 4) is 0 Å². The highest BCUT2D eigenvalue weighted by Crippen LogP contribution is 2.19. The summed E-state index contributed by atoms with van der Waals surface area (Å²) in [4.78, 5) is 10.3. The van der Waals surface area contributed by atoms with Crippen LogP contribution >= 0.6 is 0 Å². The van der Waals surface area contributed by atoms with E-state index in [2.05, 4.69) is 10.2 Å². The minimum absolute atomic E-state index is 0.413. The van der Waals surface area contributed by atoms with Crippen molar-refractivity contribution < 1.29 is 9.90 Å². The van der Waals surface area contributed by atoms with E-state index in [1.54, 1.807) is 18.2 Å². The molecule has 1 aromatic carbocycles. The van der Waals surface area contributed by atoms with Gasteiger partial charge in [-0.05, 0) is 23.8 Å². The first kappa shape index (κ1) is 9.26. The third kappa shape index (κ3) is 1.80. The highest BCUT2D eigenvalue weighted by Gasteiger charge is 2.01. The van der Waals surface area contributed by atoms with Crippen LogP contribution in [-0.4, -0.2) is 21.3 Å². The molecule has 0 saturated carbocycles. The number of nitrogens with zero attached hydrogens (tertiary/aromatic N) is 1. The monoisotopic (exact) mass is 203 g/mol. The maximum Gasteiger partial charge on any atom is 0.328 e. The summed E-state index contributed by atoms with van der Waals surface area (Å²) in [5.41, 5.74) is 7.23. The fourth-order valence-corrected chi connectivity index (χ4v) is 1.32. The molecule has 4 N–H and O–H groups in total. The van der Waals surface area contributed by atoms with Crippen LogP contribution in [0.15, 0.2) is 24.3 Å². The lowest BCUT2D eigenvalue weighted by Gasteiger charge is -1.93. The molecule has 0 unspecified atom stereocenters. The SMILES string of the molecule is Nc1n[nH]c2ccc(/C=C/C(=O)O)cc12.